The fraction of sp³-hybridized carbons (Fsp3) is 0.696. The van der Waals surface area contributed by atoms with Gasteiger partial charge in [-0.2, -0.15) is 17.5 Å². The molecule has 0 saturated carbocycles. The lowest BCUT2D eigenvalue weighted by Gasteiger charge is -2.44. The Morgan fingerprint density at radius 1 is 1.24 bits per heavy atom. The van der Waals surface area contributed by atoms with Crippen LogP contribution in [-0.4, -0.2) is 67.6 Å². The summed E-state index contributed by atoms with van der Waals surface area (Å²) in [5, 5.41) is 3.50. The molecule has 7 nitrogen and oxygen atoms in total. The summed E-state index contributed by atoms with van der Waals surface area (Å²) in [4.78, 5) is 14.8. The highest BCUT2D eigenvalue weighted by Gasteiger charge is 2.53. The quantitative estimate of drug-likeness (QED) is 0.645. The van der Waals surface area contributed by atoms with Crippen LogP contribution >= 0.6 is 0 Å². The minimum Gasteiger partial charge on any atom is -0.376 e. The molecule has 3 heterocycles. The number of ether oxygens (including phenoxy) is 1. The second-order valence-corrected chi connectivity index (χ2v) is 11.8. The van der Waals surface area contributed by atoms with Crippen molar-refractivity contribution in [3.63, 3.8) is 0 Å². The summed E-state index contributed by atoms with van der Waals surface area (Å²) in [6, 6.07) is 3.50. The lowest BCUT2D eigenvalue weighted by Crippen LogP contribution is -2.60. The third kappa shape index (κ3) is 4.98. The number of sulfonamides is 1. The maximum Gasteiger partial charge on any atom is 0.416 e. The summed E-state index contributed by atoms with van der Waals surface area (Å²) in [5.74, 6) is 0.320. The van der Waals surface area contributed by atoms with Crippen molar-refractivity contribution in [2.45, 2.75) is 74.8 Å². The van der Waals surface area contributed by atoms with Crippen LogP contribution in [0.4, 0.5) is 13.2 Å². The average molecular weight is 504 g/mol. The second-order valence-electron chi connectivity index (χ2n) is 9.87. The van der Waals surface area contributed by atoms with E-state index in [1.54, 1.807) is 0 Å². The van der Waals surface area contributed by atoms with E-state index >= 15 is 0 Å². The van der Waals surface area contributed by atoms with Crippen LogP contribution in [0.5, 0.6) is 0 Å². The molecule has 0 radical (unpaired) electrons. The summed E-state index contributed by atoms with van der Waals surface area (Å²) in [5.41, 5.74) is -1.67. The average Bonchev–Trinajstić information content (AvgIpc) is 3.37. The van der Waals surface area contributed by atoms with E-state index < -0.39 is 27.4 Å². The van der Waals surface area contributed by atoms with Crippen LogP contribution in [-0.2, 0) is 25.7 Å². The molecular formula is C23H32F3N3O4S. The highest BCUT2D eigenvalue weighted by molar-refractivity contribution is 7.89. The standard InChI is InChI=1S/C23H32F3N3O4S/c1-16(2)13-20-21(30)29(15-18-6-4-12-33-18)22(27-20)8-10-28(11-9-22)34(31,32)19-7-3-5-17(14-19)23(24,25)26/h3,5,7,14,16,18,20,27H,4,6,8-13,15H2,1-2H3/t18-,20-/m1/s1. The first kappa shape index (κ1) is 25.4. The number of amides is 1. The molecule has 1 spiro atoms. The topological polar surface area (TPSA) is 79.0 Å². The monoisotopic (exact) mass is 503 g/mol. The van der Waals surface area contributed by atoms with Crippen molar-refractivity contribution >= 4 is 15.9 Å². The Kier molecular flexibility index (Phi) is 7.03. The Morgan fingerprint density at radius 3 is 2.53 bits per heavy atom. The molecule has 3 aliphatic heterocycles. The summed E-state index contributed by atoms with van der Waals surface area (Å²) in [7, 11) is -4.10. The zero-order valence-electron chi connectivity index (χ0n) is 19.5. The number of alkyl halides is 3. The van der Waals surface area contributed by atoms with Crippen LogP contribution in [0.3, 0.4) is 0 Å². The van der Waals surface area contributed by atoms with E-state index in [9.17, 15) is 26.4 Å². The Balaban J connectivity index is 1.53. The number of rotatable bonds is 6. The Bertz CT molecular complexity index is 1000. The van der Waals surface area contributed by atoms with Crippen LogP contribution in [0, 0.1) is 5.92 Å². The number of piperidine rings is 1. The molecule has 4 rings (SSSR count). The zero-order valence-corrected chi connectivity index (χ0v) is 20.3. The maximum absolute atomic E-state index is 13.3. The van der Waals surface area contributed by atoms with Gasteiger partial charge in [-0.05, 0) is 56.2 Å². The number of carbonyl (C=O) groups excluding carboxylic acids is 1. The molecule has 0 aromatic heterocycles. The molecule has 11 heteroatoms. The van der Waals surface area contributed by atoms with Crippen molar-refractivity contribution in [2.75, 3.05) is 26.2 Å². The molecule has 2 atom stereocenters. The van der Waals surface area contributed by atoms with Crippen molar-refractivity contribution in [1.29, 1.82) is 0 Å². The summed E-state index contributed by atoms with van der Waals surface area (Å²) < 4.78 is 72.6. The van der Waals surface area contributed by atoms with E-state index in [1.165, 1.54) is 10.4 Å². The van der Waals surface area contributed by atoms with Crippen molar-refractivity contribution in [1.82, 2.24) is 14.5 Å². The van der Waals surface area contributed by atoms with Crippen LogP contribution < -0.4 is 5.32 Å². The lowest BCUT2D eigenvalue weighted by molar-refractivity contribution is -0.137. The van der Waals surface area contributed by atoms with Crippen LogP contribution in [0.25, 0.3) is 0 Å². The van der Waals surface area contributed by atoms with Gasteiger partial charge in [0, 0.05) is 26.2 Å². The van der Waals surface area contributed by atoms with Crippen LogP contribution in [0.15, 0.2) is 29.2 Å². The molecule has 0 bridgehead atoms. The Hall–Kier alpha value is -1.69. The number of hydrogen-bond acceptors (Lipinski definition) is 5. The predicted octanol–water partition coefficient (Wildman–Crippen LogP) is 3.21. The van der Waals surface area contributed by atoms with Crippen molar-refractivity contribution in [3.05, 3.63) is 29.8 Å². The molecule has 1 aromatic rings. The van der Waals surface area contributed by atoms with Crippen LogP contribution in [0.2, 0.25) is 0 Å². The normalized spacial score (nSPS) is 26.2. The van der Waals surface area contributed by atoms with Gasteiger partial charge in [-0.25, -0.2) is 8.42 Å². The molecular weight excluding hydrogens is 471 g/mol. The molecule has 3 saturated heterocycles. The first-order chi connectivity index (χ1) is 15.9. The molecule has 1 amide bonds. The number of nitrogens with one attached hydrogen (secondary N) is 1. The van der Waals surface area contributed by atoms with Gasteiger partial charge in [0.1, 0.15) is 0 Å². The number of hydrogen-bond donors (Lipinski definition) is 1. The first-order valence-electron chi connectivity index (χ1n) is 11.8. The van der Waals surface area contributed by atoms with Gasteiger partial charge in [0.15, 0.2) is 0 Å². The van der Waals surface area contributed by atoms with E-state index in [2.05, 4.69) is 19.2 Å². The van der Waals surface area contributed by atoms with E-state index in [-0.39, 0.29) is 36.0 Å². The minimum absolute atomic E-state index is 0.0124. The van der Waals surface area contributed by atoms with Gasteiger partial charge in [0.2, 0.25) is 15.9 Å². The fourth-order valence-corrected chi connectivity index (χ4v) is 6.73. The fourth-order valence-electron chi connectivity index (χ4n) is 5.24. The molecule has 3 fully saturated rings. The minimum atomic E-state index is -4.63. The third-order valence-electron chi connectivity index (χ3n) is 6.99. The highest BCUT2D eigenvalue weighted by atomic mass is 32.2. The number of halogens is 3. The molecule has 1 aromatic carbocycles. The SMILES string of the molecule is CC(C)C[C@H]1NC2(CCN(S(=O)(=O)c3cccc(C(F)(F)F)c3)CC2)N(C[C@H]2CCCO2)C1=O. The van der Waals surface area contributed by atoms with Gasteiger partial charge in [0.05, 0.1) is 28.3 Å². The zero-order chi connectivity index (χ0) is 24.7. The van der Waals surface area contributed by atoms with Gasteiger partial charge in [-0.3, -0.25) is 10.1 Å². The van der Waals surface area contributed by atoms with Crippen molar-refractivity contribution in [2.24, 2.45) is 5.92 Å². The summed E-state index contributed by atoms with van der Waals surface area (Å²) in [6.45, 7) is 5.44. The van der Waals surface area contributed by atoms with Gasteiger partial charge in [-0.1, -0.05) is 19.9 Å². The molecule has 0 aliphatic carbocycles. The van der Waals surface area contributed by atoms with Gasteiger partial charge in [0.25, 0.3) is 0 Å². The molecule has 190 valence electrons. The van der Waals surface area contributed by atoms with Gasteiger partial charge >= 0.3 is 6.18 Å². The first-order valence-corrected chi connectivity index (χ1v) is 13.2. The lowest BCUT2D eigenvalue weighted by atomic mass is 9.96. The summed E-state index contributed by atoms with van der Waals surface area (Å²) >= 11 is 0. The van der Waals surface area contributed by atoms with Gasteiger partial charge < -0.3 is 9.64 Å². The number of benzene rings is 1. The van der Waals surface area contributed by atoms with Crippen molar-refractivity contribution in [3.8, 4) is 0 Å². The molecule has 1 N–H and O–H groups in total. The van der Waals surface area contributed by atoms with E-state index in [4.69, 9.17) is 4.74 Å². The smallest absolute Gasteiger partial charge is 0.376 e. The Labute approximate surface area is 198 Å². The highest BCUT2D eigenvalue weighted by Crippen LogP contribution is 2.37. The maximum atomic E-state index is 13.3. The number of carbonyl (C=O) groups is 1. The van der Waals surface area contributed by atoms with E-state index in [1.807, 2.05) is 4.90 Å². The molecule has 0 unspecified atom stereocenters. The van der Waals surface area contributed by atoms with Crippen molar-refractivity contribution < 1.29 is 31.1 Å². The number of nitrogens with zero attached hydrogens (tertiary/aromatic N) is 2. The largest absolute Gasteiger partial charge is 0.416 e. The molecule has 3 aliphatic rings. The predicted molar refractivity (Wildman–Crippen MR) is 119 cm³/mol. The van der Waals surface area contributed by atoms with E-state index in [0.717, 1.165) is 25.0 Å². The van der Waals surface area contributed by atoms with Crippen LogP contribution in [0.1, 0.15) is 51.5 Å². The molecule has 34 heavy (non-hydrogen) atoms. The summed E-state index contributed by atoms with van der Waals surface area (Å²) in [6.07, 6.45) is -1.44. The Morgan fingerprint density at radius 2 is 1.94 bits per heavy atom. The second kappa shape index (κ2) is 9.40. The van der Waals surface area contributed by atoms with Gasteiger partial charge in [-0.15, -0.1) is 0 Å². The third-order valence-corrected chi connectivity index (χ3v) is 8.88. The van der Waals surface area contributed by atoms with E-state index in [0.29, 0.717) is 44.4 Å².